The van der Waals surface area contributed by atoms with Gasteiger partial charge in [-0.05, 0) is 25.7 Å². The van der Waals surface area contributed by atoms with Crippen LogP contribution < -0.4 is 0 Å². The lowest BCUT2D eigenvalue weighted by molar-refractivity contribution is 0.0953. The summed E-state index contributed by atoms with van der Waals surface area (Å²) in [4.78, 5) is 13.1. The molecule has 86 valence electrons. The van der Waals surface area contributed by atoms with Gasteiger partial charge < -0.3 is 14.7 Å². The predicted octanol–water partition coefficient (Wildman–Crippen LogP) is 1.40. The molecular formula is C11H19NO3. The summed E-state index contributed by atoms with van der Waals surface area (Å²) >= 11 is 0. The Morgan fingerprint density at radius 1 is 1.53 bits per heavy atom. The van der Waals surface area contributed by atoms with E-state index in [0.29, 0.717) is 12.5 Å². The van der Waals surface area contributed by atoms with Gasteiger partial charge in [0, 0.05) is 13.1 Å². The Morgan fingerprint density at radius 2 is 2.20 bits per heavy atom. The molecule has 0 aromatic rings. The van der Waals surface area contributed by atoms with Crippen LogP contribution in [-0.2, 0) is 4.74 Å². The van der Waals surface area contributed by atoms with Crippen molar-refractivity contribution >= 4 is 6.09 Å². The van der Waals surface area contributed by atoms with E-state index in [9.17, 15) is 4.79 Å². The lowest BCUT2D eigenvalue weighted by Crippen LogP contribution is -2.38. The Morgan fingerprint density at radius 3 is 2.73 bits per heavy atom. The molecule has 1 saturated heterocycles. The normalized spacial score (nSPS) is 18.4. The lowest BCUT2D eigenvalue weighted by atomic mass is 9.97. The largest absolute Gasteiger partial charge is 0.450 e. The van der Waals surface area contributed by atoms with Crippen molar-refractivity contribution in [3.8, 4) is 0 Å². The minimum Gasteiger partial charge on any atom is -0.450 e. The van der Waals surface area contributed by atoms with Crippen molar-refractivity contribution in [2.75, 3.05) is 26.3 Å². The van der Waals surface area contributed by atoms with Gasteiger partial charge in [0.15, 0.2) is 0 Å². The van der Waals surface area contributed by atoms with Crippen LogP contribution in [-0.4, -0.2) is 42.4 Å². The molecule has 0 bridgehead atoms. The van der Waals surface area contributed by atoms with Crippen LogP contribution in [0.2, 0.25) is 0 Å². The van der Waals surface area contributed by atoms with Gasteiger partial charge in [-0.15, -0.1) is 0 Å². The number of allylic oxidation sites excluding steroid dienone is 1. The fourth-order valence-electron chi connectivity index (χ4n) is 1.74. The summed E-state index contributed by atoms with van der Waals surface area (Å²) in [5, 5.41) is 8.64. The van der Waals surface area contributed by atoms with Gasteiger partial charge >= 0.3 is 6.09 Å². The number of carbonyl (C=O) groups is 1. The summed E-state index contributed by atoms with van der Waals surface area (Å²) in [7, 11) is 0. The van der Waals surface area contributed by atoms with Gasteiger partial charge in [0.1, 0.15) is 0 Å². The van der Waals surface area contributed by atoms with Crippen molar-refractivity contribution < 1.29 is 14.6 Å². The molecule has 0 aromatic heterocycles. The first-order valence-corrected chi connectivity index (χ1v) is 5.47. The summed E-state index contributed by atoms with van der Waals surface area (Å²) in [6, 6.07) is 0. The number of carbonyl (C=O) groups excluding carboxylic acids is 1. The maximum absolute atomic E-state index is 11.4. The second-order valence-corrected chi connectivity index (χ2v) is 3.63. The van der Waals surface area contributed by atoms with Gasteiger partial charge in [-0.1, -0.05) is 12.2 Å². The van der Waals surface area contributed by atoms with E-state index >= 15 is 0 Å². The maximum atomic E-state index is 11.4. The van der Waals surface area contributed by atoms with E-state index in [4.69, 9.17) is 9.84 Å². The Kier molecular flexibility index (Phi) is 5.18. The van der Waals surface area contributed by atoms with E-state index in [1.807, 2.05) is 13.0 Å². The molecule has 1 aliphatic heterocycles. The van der Waals surface area contributed by atoms with E-state index in [1.54, 1.807) is 11.0 Å². The zero-order valence-electron chi connectivity index (χ0n) is 9.19. The number of rotatable bonds is 3. The van der Waals surface area contributed by atoms with Gasteiger partial charge in [-0.25, -0.2) is 4.79 Å². The second kappa shape index (κ2) is 6.45. The first-order chi connectivity index (χ1) is 7.27. The molecule has 1 aliphatic rings. The molecule has 0 radical (unpaired) electrons. The van der Waals surface area contributed by atoms with Crippen molar-refractivity contribution in [1.29, 1.82) is 0 Å². The van der Waals surface area contributed by atoms with Crippen molar-refractivity contribution in [2.45, 2.75) is 19.8 Å². The molecule has 1 heterocycles. The van der Waals surface area contributed by atoms with Crippen molar-refractivity contribution in [3.05, 3.63) is 12.2 Å². The number of hydrogen-bond donors (Lipinski definition) is 1. The van der Waals surface area contributed by atoms with Gasteiger partial charge in [0.25, 0.3) is 0 Å². The van der Waals surface area contributed by atoms with Gasteiger partial charge in [0.2, 0.25) is 0 Å². The number of ether oxygens (including phenoxy) is 1. The molecule has 0 saturated carbocycles. The molecular weight excluding hydrogens is 194 g/mol. The first-order valence-electron chi connectivity index (χ1n) is 5.47. The average molecular weight is 213 g/mol. The minimum absolute atomic E-state index is 0.0953. The fraction of sp³-hybridized carbons (Fsp3) is 0.727. The number of nitrogens with zero attached hydrogens (tertiary/aromatic N) is 1. The van der Waals surface area contributed by atoms with Crippen LogP contribution in [0.3, 0.4) is 0 Å². The Balaban J connectivity index is 2.29. The smallest absolute Gasteiger partial charge is 0.409 e. The first kappa shape index (κ1) is 12.0. The lowest BCUT2D eigenvalue weighted by Gasteiger charge is -2.29. The van der Waals surface area contributed by atoms with Gasteiger partial charge in [-0.2, -0.15) is 0 Å². The number of piperidine rings is 1. The SMILES string of the molecule is CCOC(=O)N1CCC(/C=C/CO)CC1. The van der Waals surface area contributed by atoms with Crippen molar-refractivity contribution in [2.24, 2.45) is 5.92 Å². The van der Waals surface area contributed by atoms with Crippen LogP contribution in [0.15, 0.2) is 12.2 Å². The van der Waals surface area contributed by atoms with Crippen LogP contribution in [0, 0.1) is 5.92 Å². The second-order valence-electron chi connectivity index (χ2n) is 3.63. The summed E-state index contributed by atoms with van der Waals surface area (Å²) < 4.78 is 4.93. The number of amides is 1. The van der Waals surface area contributed by atoms with Crippen LogP contribution >= 0.6 is 0 Å². The fourth-order valence-corrected chi connectivity index (χ4v) is 1.74. The van der Waals surface area contributed by atoms with Crippen LogP contribution in [0.1, 0.15) is 19.8 Å². The van der Waals surface area contributed by atoms with Crippen molar-refractivity contribution in [1.82, 2.24) is 4.90 Å². The third-order valence-electron chi connectivity index (χ3n) is 2.58. The maximum Gasteiger partial charge on any atom is 0.409 e. The van der Waals surface area contributed by atoms with E-state index in [2.05, 4.69) is 0 Å². The highest BCUT2D eigenvalue weighted by Crippen LogP contribution is 2.18. The third kappa shape index (κ3) is 3.91. The highest BCUT2D eigenvalue weighted by atomic mass is 16.6. The van der Waals surface area contributed by atoms with Crippen LogP contribution in [0.4, 0.5) is 4.79 Å². The van der Waals surface area contributed by atoms with Crippen molar-refractivity contribution in [3.63, 3.8) is 0 Å². The van der Waals surface area contributed by atoms with Crippen LogP contribution in [0.25, 0.3) is 0 Å². The molecule has 0 atom stereocenters. The van der Waals surface area contributed by atoms with E-state index in [-0.39, 0.29) is 12.7 Å². The topological polar surface area (TPSA) is 49.8 Å². The standard InChI is InChI=1S/C11H19NO3/c1-2-15-11(14)12-7-5-10(6-8-12)4-3-9-13/h3-4,10,13H,2,5-9H2,1H3/b4-3+. The average Bonchev–Trinajstić information content (AvgIpc) is 2.27. The molecule has 1 amide bonds. The molecule has 4 heteroatoms. The molecule has 0 spiro atoms. The molecule has 1 N–H and O–H groups in total. The quantitative estimate of drug-likeness (QED) is 0.721. The Labute approximate surface area is 90.5 Å². The van der Waals surface area contributed by atoms with E-state index in [1.165, 1.54) is 0 Å². The number of hydrogen-bond acceptors (Lipinski definition) is 3. The predicted molar refractivity (Wildman–Crippen MR) is 57.5 cm³/mol. The molecule has 0 unspecified atom stereocenters. The molecule has 1 rings (SSSR count). The molecule has 1 fully saturated rings. The van der Waals surface area contributed by atoms with E-state index < -0.39 is 0 Å². The van der Waals surface area contributed by atoms with Crippen LogP contribution in [0.5, 0.6) is 0 Å². The third-order valence-corrected chi connectivity index (χ3v) is 2.58. The highest BCUT2D eigenvalue weighted by molar-refractivity contribution is 5.67. The van der Waals surface area contributed by atoms with Gasteiger partial charge in [-0.3, -0.25) is 0 Å². The molecule has 0 aromatic carbocycles. The molecule has 4 nitrogen and oxygen atoms in total. The summed E-state index contributed by atoms with van der Waals surface area (Å²) in [6.45, 7) is 3.84. The highest BCUT2D eigenvalue weighted by Gasteiger charge is 2.21. The Hall–Kier alpha value is -1.03. The number of aliphatic hydroxyl groups is 1. The number of aliphatic hydroxyl groups excluding tert-OH is 1. The van der Waals surface area contributed by atoms with E-state index in [0.717, 1.165) is 25.9 Å². The zero-order valence-corrected chi connectivity index (χ0v) is 9.19. The number of likely N-dealkylation sites (tertiary alicyclic amines) is 1. The summed E-state index contributed by atoms with van der Waals surface area (Å²) in [5.41, 5.74) is 0. The molecule has 15 heavy (non-hydrogen) atoms. The summed E-state index contributed by atoms with van der Waals surface area (Å²) in [6.07, 6.45) is 5.50. The minimum atomic E-state index is -0.206. The zero-order chi connectivity index (χ0) is 11.1. The summed E-state index contributed by atoms with van der Waals surface area (Å²) in [5.74, 6) is 0.489. The Bertz CT molecular complexity index is 220. The monoisotopic (exact) mass is 213 g/mol. The molecule has 0 aliphatic carbocycles. The van der Waals surface area contributed by atoms with Gasteiger partial charge in [0.05, 0.1) is 13.2 Å².